The lowest BCUT2D eigenvalue weighted by molar-refractivity contribution is -0.140. The van der Waals surface area contributed by atoms with Gasteiger partial charge in [0.2, 0.25) is 17.6 Å². The van der Waals surface area contributed by atoms with E-state index in [1.54, 1.807) is 21.9 Å². The first kappa shape index (κ1) is 33.7. The van der Waals surface area contributed by atoms with E-state index in [0.717, 1.165) is 24.0 Å². The number of Topliss-reactive ketones (excluding diaryl/α,β-unsaturated/α-hetero) is 1. The number of ketones is 1. The van der Waals surface area contributed by atoms with Crippen molar-refractivity contribution in [3.05, 3.63) is 76.8 Å². The van der Waals surface area contributed by atoms with Crippen molar-refractivity contribution in [2.75, 3.05) is 38.0 Å². The minimum atomic E-state index is -1.20. The molecule has 2 aliphatic rings. The topological polar surface area (TPSA) is 185 Å². The molecule has 2 aromatic carbocycles. The van der Waals surface area contributed by atoms with E-state index in [-0.39, 0.29) is 40.9 Å². The standard InChI is InChI=1S/C35H38N6O7/c1-2-26-18-24-17-25(12-13-29(24)48-26)38-33(27(19-36)32(45)22-8-10-23(11-9-22)34(46)37-20-31(43)44)39-28-7-3-4-16-41(35(28)47)21-30(42)40-14-5-6-15-40/h8-13,17-18,28,38-39H,2-7,14-16,20-21H2,1H3,(H,37,46)(H,43,44)/t28-/m0/s1. The van der Waals surface area contributed by atoms with Crippen molar-refractivity contribution in [1.82, 2.24) is 20.4 Å². The lowest BCUT2D eigenvalue weighted by Gasteiger charge is -2.28. The number of rotatable bonds is 12. The third-order valence-electron chi connectivity index (χ3n) is 8.47. The molecule has 0 spiro atoms. The summed E-state index contributed by atoms with van der Waals surface area (Å²) < 4.78 is 5.82. The minimum absolute atomic E-state index is 0.0235. The Morgan fingerprint density at radius 3 is 2.38 bits per heavy atom. The van der Waals surface area contributed by atoms with E-state index < -0.39 is 30.2 Å². The highest BCUT2D eigenvalue weighted by Crippen LogP contribution is 2.25. The molecular formula is C35H38N6O7. The van der Waals surface area contributed by atoms with E-state index in [9.17, 15) is 29.2 Å². The van der Waals surface area contributed by atoms with Crippen LogP contribution in [-0.2, 0) is 20.8 Å². The summed E-state index contributed by atoms with van der Waals surface area (Å²) in [6.07, 6.45) is 4.41. The van der Waals surface area contributed by atoms with Gasteiger partial charge in [-0.15, -0.1) is 0 Å². The number of anilines is 1. The summed E-state index contributed by atoms with van der Waals surface area (Å²) in [4.78, 5) is 67.0. The van der Waals surface area contributed by atoms with Crippen LogP contribution < -0.4 is 16.0 Å². The molecule has 250 valence electrons. The number of carboxylic acid groups (broad SMARTS) is 1. The lowest BCUT2D eigenvalue weighted by Crippen LogP contribution is -2.49. The fourth-order valence-electron chi connectivity index (χ4n) is 5.86. The van der Waals surface area contributed by atoms with Gasteiger partial charge in [0.05, 0.1) is 6.54 Å². The average molecular weight is 655 g/mol. The summed E-state index contributed by atoms with van der Waals surface area (Å²) >= 11 is 0. The minimum Gasteiger partial charge on any atom is -0.480 e. The average Bonchev–Trinajstić information content (AvgIpc) is 3.75. The van der Waals surface area contributed by atoms with Crippen molar-refractivity contribution in [3.8, 4) is 6.07 Å². The molecule has 2 aliphatic heterocycles. The first-order valence-electron chi connectivity index (χ1n) is 16.1. The number of nitriles is 1. The molecule has 1 aromatic heterocycles. The second-order valence-electron chi connectivity index (χ2n) is 11.8. The Hall–Kier alpha value is -5.64. The highest BCUT2D eigenvalue weighted by molar-refractivity contribution is 6.12. The molecule has 3 heterocycles. The number of fused-ring (bicyclic) bond motifs is 1. The van der Waals surface area contributed by atoms with Crippen molar-refractivity contribution in [2.24, 2.45) is 0 Å². The monoisotopic (exact) mass is 654 g/mol. The van der Waals surface area contributed by atoms with Crippen LogP contribution in [0.2, 0.25) is 0 Å². The summed E-state index contributed by atoms with van der Waals surface area (Å²) in [5.41, 5.74) is 1.17. The Balaban J connectivity index is 1.45. The number of carbonyl (C=O) groups is 5. The maximum absolute atomic E-state index is 13.8. The van der Waals surface area contributed by atoms with Gasteiger partial charge in [-0.2, -0.15) is 5.26 Å². The largest absolute Gasteiger partial charge is 0.480 e. The van der Waals surface area contributed by atoms with Crippen LogP contribution in [0.5, 0.6) is 0 Å². The van der Waals surface area contributed by atoms with E-state index in [0.29, 0.717) is 56.6 Å². The second-order valence-corrected chi connectivity index (χ2v) is 11.8. The van der Waals surface area contributed by atoms with E-state index in [1.165, 1.54) is 24.3 Å². The van der Waals surface area contributed by atoms with Crippen LogP contribution in [0.25, 0.3) is 11.0 Å². The number of benzene rings is 2. The molecule has 0 unspecified atom stereocenters. The van der Waals surface area contributed by atoms with Crippen LogP contribution in [-0.4, -0.2) is 83.1 Å². The quantitative estimate of drug-likeness (QED) is 0.128. The number of aryl methyl sites for hydroxylation is 1. The molecule has 13 heteroatoms. The number of aliphatic carboxylic acids is 1. The molecule has 4 N–H and O–H groups in total. The van der Waals surface area contributed by atoms with Gasteiger partial charge < -0.3 is 35.3 Å². The third-order valence-corrected chi connectivity index (χ3v) is 8.47. The van der Waals surface area contributed by atoms with Crippen molar-refractivity contribution in [3.63, 3.8) is 0 Å². The molecule has 13 nitrogen and oxygen atoms in total. The number of carbonyl (C=O) groups excluding carboxylic acids is 4. The van der Waals surface area contributed by atoms with Gasteiger partial charge >= 0.3 is 5.97 Å². The molecule has 0 radical (unpaired) electrons. The van der Waals surface area contributed by atoms with Gasteiger partial charge in [-0.1, -0.05) is 19.1 Å². The van der Waals surface area contributed by atoms with Gasteiger partial charge in [0.15, 0.2) is 0 Å². The van der Waals surface area contributed by atoms with Crippen LogP contribution in [0.1, 0.15) is 65.5 Å². The van der Waals surface area contributed by atoms with Crippen molar-refractivity contribution >= 4 is 46.1 Å². The number of allylic oxidation sites excluding steroid dienone is 1. The predicted molar refractivity (Wildman–Crippen MR) is 176 cm³/mol. The van der Waals surface area contributed by atoms with E-state index in [2.05, 4.69) is 16.0 Å². The molecule has 2 fully saturated rings. The van der Waals surface area contributed by atoms with Crippen LogP contribution >= 0.6 is 0 Å². The Bertz CT molecular complexity index is 1780. The Kier molecular flexibility index (Phi) is 10.7. The molecule has 0 aliphatic carbocycles. The SMILES string of the molecule is CCc1cc2cc(NC(N[C@H]3CCCCN(CC(=O)N4CCCC4)C3=O)=C(C#N)C(=O)c3ccc(C(=O)NCC(=O)O)cc3)ccc2o1. The molecule has 5 rings (SSSR count). The van der Waals surface area contributed by atoms with Crippen LogP contribution in [0.4, 0.5) is 5.69 Å². The van der Waals surface area contributed by atoms with Crippen molar-refractivity contribution in [1.29, 1.82) is 5.26 Å². The van der Waals surface area contributed by atoms with E-state index in [1.807, 2.05) is 25.1 Å². The zero-order valence-corrected chi connectivity index (χ0v) is 26.7. The smallest absolute Gasteiger partial charge is 0.322 e. The van der Waals surface area contributed by atoms with Gasteiger partial charge in [-0.05, 0) is 68.5 Å². The molecule has 0 saturated carbocycles. The second kappa shape index (κ2) is 15.3. The lowest BCUT2D eigenvalue weighted by atomic mass is 10.0. The van der Waals surface area contributed by atoms with Crippen molar-refractivity contribution < 1.29 is 33.5 Å². The zero-order chi connectivity index (χ0) is 34.2. The Morgan fingerprint density at radius 1 is 0.979 bits per heavy atom. The Morgan fingerprint density at radius 2 is 1.69 bits per heavy atom. The third kappa shape index (κ3) is 8.01. The highest BCUT2D eigenvalue weighted by Gasteiger charge is 2.32. The zero-order valence-electron chi connectivity index (χ0n) is 26.7. The highest BCUT2D eigenvalue weighted by atomic mass is 16.4. The summed E-state index contributed by atoms with van der Waals surface area (Å²) in [5.74, 6) is -2.05. The fourth-order valence-corrected chi connectivity index (χ4v) is 5.86. The number of hydrogen-bond donors (Lipinski definition) is 4. The van der Waals surface area contributed by atoms with Crippen molar-refractivity contribution in [2.45, 2.75) is 51.5 Å². The fraction of sp³-hybridized carbons (Fsp3) is 0.371. The predicted octanol–water partition coefficient (Wildman–Crippen LogP) is 3.43. The van der Waals surface area contributed by atoms with Crippen LogP contribution in [0.15, 0.2) is 64.3 Å². The molecule has 48 heavy (non-hydrogen) atoms. The molecular weight excluding hydrogens is 616 g/mol. The van der Waals surface area contributed by atoms with E-state index >= 15 is 0 Å². The molecule has 3 amide bonds. The number of hydrogen-bond acceptors (Lipinski definition) is 9. The number of amides is 3. The number of nitrogens with one attached hydrogen (secondary N) is 3. The molecule has 3 aromatic rings. The van der Waals surface area contributed by atoms with Gasteiger partial charge in [0.1, 0.15) is 41.4 Å². The first-order chi connectivity index (χ1) is 23.2. The first-order valence-corrected chi connectivity index (χ1v) is 16.1. The summed E-state index contributed by atoms with van der Waals surface area (Å²) in [6, 6.07) is 13.9. The number of nitrogens with zero attached hydrogens (tertiary/aromatic N) is 3. The summed E-state index contributed by atoms with van der Waals surface area (Å²) in [7, 11) is 0. The number of likely N-dealkylation sites (tertiary alicyclic amines) is 2. The Labute approximate surface area is 277 Å². The normalized spacial score (nSPS) is 16.9. The maximum Gasteiger partial charge on any atom is 0.322 e. The van der Waals surface area contributed by atoms with E-state index in [4.69, 9.17) is 9.52 Å². The molecule has 0 bridgehead atoms. The molecule has 2 saturated heterocycles. The van der Waals surface area contributed by atoms with Gasteiger partial charge in [-0.25, -0.2) is 0 Å². The maximum atomic E-state index is 13.8. The van der Waals surface area contributed by atoms with Crippen LogP contribution in [0, 0.1) is 11.3 Å². The number of carboxylic acids is 1. The van der Waals surface area contributed by atoms with Gasteiger partial charge in [0, 0.05) is 48.3 Å². The van der Waals surface area contributed by atoms with Gasteiger partial charge in [-0.3, -0.25) is 24.0 Å². The number of furan rings is 1. The summed E-state index contributed by atoms with van der Waals surface area (Å²) in [6.45, 7) is 3.18. The molecule has 1 atom stereocenters. The van der Waals surface area contributed by atoms with Crippen LogP contribution in [0.3, 0.4) is 0 Å². The summed E-state index contributed by atoms with van der Waals surface area (Å²) in [5, 5.41) is 28.6. The van der Waals surface area contributed by atoms with Gasteiger partial charge in [0.25, 0.3) is 5.91 Å².